The topological polar surface area (TPSA) is 72.5 Å². The number of esters is 1. The van der Waals surface area contributed by atoms with Crippen LogP contribution < -0.4 is 4.72 Å². The van der Waals surface area contributed by atoms with Crippen LogP contribution in [0.3, 0.4) is 0 Å². The molecule has 0 amide bonds. The lowest BCUT2D eigenvalue weighted by Gasteiger charge is -2.19. The average molecular weight is 297 g/mol. The first kappa shape index (κ1) is 15.0. The van der Waals surface area contributed by atoms with E-state index in [1.165, 1.54) is 0 Å². The third-order valence-corrected chi connectivity index (χ3v) is 4.75. The highest BCUT2D eigenvalue weighted by atomic mass is 32.2. The maximum absolute atomic E-state index is 12.2. The molecule has 1 aromatic rings. The highest BCUT2D eigenvalue weighted by Gasteiger charge is 2.28. The SMILES string of the molecule is CC(C)(C)c1ccc(S(=O)(=O)N[C@@H]2COC(=O)C2)cc1. The summed E-state index contributed by atoms with van der Waals surface area (Å²) < 4.78 is 31.6. The van der Waals surface area contributed by atoms with E-state index in [0.29, 0.717) is 0 Å². The van der Waals surface area contributed by atoms with Crippen molar-refractivity contribution in [1.29, 1.82) is 0 Å². The van der Waals surface area contributed by atoms with Gasteiger partial charge in [0, 0.05) is 0 Å². The number of sulfonamides is 1. The highest BCUT2D eigenvalue weighted by molar-refractivity contribution is 7.89. The van der Waals surface area contributed by atoms with Crippen LogP contribution in [0.4, 0.5) is 0 Å². The van der Waals surface area contributed by atoms with Crippen molar-refractivity contribution < 1.29 is 17.9 Å². The third-order valence-electron chi connectivity index (χ3n) is 3.21. The molecular weight excluding hydrogens is 278 g/mol. The first-order chi connectivity index (χ1) is 9.18. The molecule has 0 radical (unpaired) electrons. The molecule has 0 spiro atoms. The number of nitrogens with one attached hydrogen (secondary N) is 1. The van der Waals surface area contributed by atoms with Crippen LogP contribution in [0.5, 0.6) is 0 Å². The van der Waals surface area contributed by atoms with E-state index in [4.69, 9.17) is 4.74 Å². The van der Waals surface area contributed by atoms with Crippen LogP contribution in [0.15, 0.2) is 29.2 Å². The van der Waals surface area contributed by atoms with Crippen molar-refractivity contribution in [3.63, 3.8) is 0 Å². The van der Waals surface area contributed by atoms with E-state index in [0.717, 1.165) is 5.56 Å². The zero-order valence-corrected chi connectivity index (χ0v) is 12.7. The summed E-state index contributed by atoms with van der Waals surface area (Å²) in [6.45, 7) is 6.29. The Kier molecular flexibility index (Phi) is 3.88. The monoisotopic (exact) mass is 297 g/mol. The standard InChI is InChI=1S/C14H19NO4S/c1-14(2,3)10-4-6-12(7-5-10)20(17,18)15-11-8-13(16)19-9-11/h4-7,11,15H,8-9H2,1-3H3/t11-/m0/s1. The van der Waals surface area contributed by atoms with Gasteiger partial charge in [-0.2, -0.15) is 0 Å². The van der Waals surface area contributed by atoms with Gasteiger partial charge in [-0.3, -0.25) is 4.79 Å². The first-order valence-corrected chi connectivity index (χ1v) is 7.95. The highest BCUT2D eigenvalue weighted by Crippen LogP contribution is 2.23. The van der Waals surface area contributed by atoms with E-state index in [1.807, 2.05) is 12.1 Å². The zero-order valence-electron chi connectivity index (χ0n) is 11.8. The molecule has 1 atom stereocenters. The third kappa shape index (κ3) is 3.37. The Balaban J connectivity index is 2.15. The summed E-state index contributed by atoms with van der Waals surface area (Å²) >= 11 is 0. The van der Waals surface area contributed by atoms with Gasteiger partial charge in [0.15, 0.2) is 0 Å². The molecule has 1 saturated heterocycles. The molecule has 1 aliphatic heterocycles. The van der Waals surface area contributed by atoms with Gasteiger partial charge in [0.2, 0.25) is 10.0 Å². The molecule has 0 aromatic heterocycles. The summed E-state index contributed by atoms with van der Waals surface area (Å²) in [7, 11) is -3.61. The van der Waals surface area contributed by atoms with Gasteiger partial charge in [0.05, 0.1) is 17.4 Å². The Bertz CT molecular complexity index is 599. The fourth-order valence-corrected chi connectivity index (χ4v) is 3.23. The van der Waals surface area contributed by atoms with Crippen LogP contribution in [0.2, 0.25) is 0 Å². The minimum Gasteiger partial charge on any atom is -0.464 e. The Morgan fingerprint density at radius 3 is 2.25 bits per heavy atom. The quantitative estimate of drug-likeness (QED) is 0.860. The molecule has 1 aromatic carbocycles. The van der Waals surface area contributed by atoms with Crippen LogP contribution in [-0.2, 0) is 25.0 Å². The molecular formula is C14H19NO4S. The number of hydrogen-bond acceptors (Lipinski definition) is 4. The Labute approximate surface area is 119 Å². The van der Waals surface area contributed by atoms with E-state index in [9.17, 15) is 13.2 Å². The normalized spacial score (nSPS) is 19.9. The number of carbonyl (C=O) groups is 1. The molecule has 0 aliphatic carbocycles. The minimum absolute atomic E-state index is 0.0264. The molecule has 1 aliphatic rings. The minimum atomic E-state index is -3.61. The van der Waals surface area contributed by atoms with Gasteiger partial charge in [0.25, 0.3) is 0 Å². The molecule has 5 nitrogen and oxygen atoms in total. The van der Waals surface area contributed by atoms with Crippen molar-refractivity contribution in [3.05, 3.63) is 29.8 Å². The van der Waals surface area contributed by atoms with Crippen molar-refractivity contribution >= 4 is 16.0 Å². The summed E-state index contributed by atoms with van der Waals surface area (Å²) in [6, 6.07) is 6.31. The largest absolute Gasteiger partial charge is 0.464 e. The smallest absolute Gasteiger partial charge is 0.307 e. The predicted octanol–water partition coefficient (Wildman–Crippen LogP) is 1.58. The van der Waals surface area contributed by atoms with Crippen molar-refractivity contribution in [1.82, 2.24) is 4.72 Å². The van der Waals surface area contributed by atoms with Gasteiger partial charge in [-0.15, -0.1) is 0 Å². The number of hydrogen-bond donors (Lipinski definition) is 1. The second kappa shape index (κ2) is 5.18. The number of carbonyl (C=O) groups excluding carboxylic acids is 1. The van der Waals surface area contributed by atoms with Gasteiger partial charge >= 0.3 is 5.97 Å². The van der Waals surface area contributed by atoms with E-state index >= 15 is 0 Å². The van der Waals surface area contributed by atoms with E-state index < -0.39 is 16.1 Å². The molecule has 0 saturated carbocycles. The molecule has 0 unspecified atom stereocenters. The van der Waals surface area contributed by atoms with Crippen molar-refractivity contribution in [2.45, 2.75) is 43.5 Å². The number of rotatable bonds is 3. The van der Waals surface area contributed by atoms with Crippen molar-refractivity contribution in [2.24, 2.45) is 0 Å². The van der Waals surface area contributed by atoms with Gasteiger partial charge in [-0.05, 0) is 23.1 Å². The Hall–Kier alpha value is -1.40. The van der Waals surface area contributed by atoms with E-state index in [1.54, 1.807) is 12.1 Å². The zero-order chi connectivity index (χ0) is 15.0. The molecule has 1 N–H and O–H groups in total. The maximum atomic E-state index is 12.2. The van der Waals surface area contributed by atoms with Crippen LogP contribution in [0, 0.1) is 0 Å². The fraction of sp³-hybridized carbons (Fsp3) is 0.500. The molecule has 1 heterocycles. The van der Waals surface area contributed by atoms with Gasteiger partial charge in [-0.1, -0.05) is 32.9 Å². The lowest BCUT2D eigenvalue weighted by molar-refractivity contribution is -0.137. The van der Waals surface area contributed by atoms with Crippen LogP contribution >= 0.6 is 0 Å². The first-order valence-electron chi connectivity index (χ1n) is 6.47. The van der Waals surface area contributed by atoms with Crippen molar-refractivity contribution in [3.8, 4) is 0 Å². The second-order valence-electron chi connectivity index (χ2n) is 5.98. The van der Waals surface area contributed by atoms with Crippen LogP contribution in [0.1, 0.15) is 32.8 Å². The summed E-state index contributed by atoms with van der Waals surface area (Å²) in [6.07, 6.45) is 0.0826. The Morgan fingerprint density at radius 1 is 1.20 bits per heavy atom. The summed E-state index contributed by atoms with van der Waals surface area (Å²) in [5, 5.41) is 0. The molecule has 1 fully saturated rings. The Morgan fingerprint density at radius 2 is 1.80 bits per heavy atom. The fourth-order valence-electron chi connectivity index (χ4n) is 2.01. The second-order valence-corrected chi connectivity index (χ2v) is 7.69. The van der Waals surface area contributed by atoms with E-state index in [-0.39, 0.29) is 29.3 Å². The van der Waals surface area contributed by atoms with Gasteiger partial charge < -0.3 is 4.74 Å². The summed E-state index contributed by atoms with van der Waals surface area (Å²) in [5.74, 6) is -0.374. The predicted molar refractivity (Wildman–Crippen MR) is 74.8 cm³/mol. The van der Waals surface area contributed by atoms with Gasteiger partial charge in [-0.25, -0.2) is 13.1 Å². The number of benzene rings is 1. The summed E-state index contributed by atoms with van der Waals surface area (Å²) in [4.78, 5) is 11.2. The lowest BCUT2D eigenvalue weighted by Crippen LogP contribution is -2.35. The molecule has 0 bridgehead atoms. The molecule has 110 valence electrons. The lowest BCUT2D eigenvalue weighted by atomic mass is 9.87. The van der Waals surface area contributed by atoms with Crippen LogP contribution in [0.25, 0.3) is 0 Å². The van der Waals surface area contributed by atoms with Crippen LogP contribution in [-0.4, -0.2) is 27.0 Å². The van der Waals surface area contributed by atoms with Crippen molar-refractivity contribution in [2.75, 3.05) is 6.61 Å². The molecule has 2 rings (SSSR count). The average Bonchev–Trinajstić information content (AvgIpc) is 2.73. The summed E-state index contributed by atoms with van der Waals surface area (Å²) in [5.41, 5.74) is 1.04. The molecule has 6 heteroatoms. The number of ether oxygens (including phenoxy) is 1. The maximum Gasteiger partial charge on any atom is 0.307 e. The molecule has 20 heavy (non-hydrogen) atoms. The van der Waals surface area contributed by atoms with Gasteiger partial charge in [0.1, 0.15) is 6.61 Å². The van der Waals surface area contributed by atoms with E-state index in [2.05, 4.69) is 25.5 Å². The number of cyclic esters (lactones) is 1.